The average Bonchev–Trinajstić information content (AvgIpc) is 3.31. The highest BCUT2D eigenvalue weighted by Gasteiger charge is 2.61. The number of carbonyl (C=O) groups is 2. The number of hydrogen-bond donors (Lipinski definition) is 0. The number of benzene rings is 3. The summed E-state index contributed by atoms with van der Waals surface area (Å²) in [6, 6.07) is 20.7. The lowest BCUT2D eigenvalue weighted by Crippen LogP contribution is -2.37. The second kappa shape index (κ2) is 7.74. The molecule has 3 aromatic rings. The zero-order valence-corrected chi connectivity index (χ0v) is 17.3. The summed E-state index contributed by atoms with van der Waals surface area (Å²) >= 11 is 6.25. The highest BCUT2D eigenvalue weighted by molar-refractivity contribution is 6.36. The minimum atomic E-state index is -1.14. The first-order chi connectivity index (χ1) is 15.5. The number of rotatable bonds is 4. The summed E-state index contributed by atoms with van der Waals surface area (Å²) in [5.74, 6) is -2.06. The zero-order valence-electron chi connectivity index (χ0n) is 16.5. The van der Waals surface area contributed by atoms with Crippen molar-refractivity contribution in [2.75, 3.05) is 9.96 Å². The number of carbonyl (C=O) groups excluding carboxylic acids is 2. The lowest BCUT2D eigenvalue weighted by atomic mass is 9.89. The second-order valence-corrected chi connectivity index (χ2v) is 7.84. The monoisotopic (exact) mass is 449 g/mol. The molecule has 0 aliphatic carbocycles. The Morgan fingerprint density at radius 2 is 1.53 bits per heavy atom. The van der Waals surface area contributed by atoms with E-state index in [4.69, 9.17) is 16.4 Å². The van der Waals surface area contributed by atoms with Gasteiger partial charge in [0.05, 0.1) is 26.9 Å². The fourth-order valence-corrected chi connectivity index (χ4v) is 4.52. The first-order valence-electron chi connectivity index (χ1n) is 9.85. The van der Waals surface area contributed by atoms with E-state index in [1.54, 1.807) is 66.7 Å². The number of nitro groups is 1. The van der Waals surface area contributed by atoms with E-state index in [1.807, 2.05) is 6.07 Å². The van der Waals surface area contributed by atoms with Crippen LogP contribution in [0.15, 0.2) is 78.9 Å². The predicted molar refractivity (Wildman–Crippen MR) is 117 cm³/mol. The maximum Gasteiger partial charge on any atom is 0.274 e. The Morgan fingerprint density at radius 3 is 2.25 bits per heavy atom. The standard InChI is InChI=1S/C23H16ClN3O5/c24-16-11-5-7-13-18(16)25-22(28)19-20(15-10-4-6-12-17(15)27(30)31)26(32-21(19)23(25)29)14-8-2-1-3-9-14/h1-13,19-21H/t19-,20-,21+/m0/s1. The fourth-order valence-electron chi connectivity index (χ4n) is 4.30. The first-order valence-corrected chi connectivity index (χ1v) is 10.2. The molecule has 0 saturated carbocycles. The number of halogens is 1. The van der Waals surface area contributed by atoms with Gasteiger partial charge in [-0.15, -0.1) is 0 Å². The molecule has 160 valence electrons. The Kier molecular flexibility index (Phi) is 4.88. The summed E-state index contributed by atoms with van der Waals surface area (Å²) in [5, 5.41) is 13.4. The van der Waals surface area contributed by atoms with Gasteiger partial charge in [0.2, 0.25) is 5.91 Å². The number of fused-ring (bicyclic) bond motifs is 1. The third-order valence-electron chi connectivity index (χ3n) is 5.67. The van der Waals surface area contributed by atoms with Crippen molar-refractivity contribution in [3.05, 3.63) is 99.6 Å². The van der Waals surface area contributed by atoms with E-state index in [0.29, 0.717) is 5.69 Å². The normalized spacial score (nSPS) is 22.3. The summed E-state index contributed by atoms with van der Waals surface area (Å²) in [7, 11) is 0. The Bertz CT molecular complexity index is 1240. The maximum absolute atomic E-state index is 13.6. The van der Waals surface area contributed by atoms with Gasteiger partial charge in [0.15, 0.2) is 6.10 Å². The maximum atomic E-state index is 13.6. The van der Waals surface area contributed by atoms with Crippen molar-refractivity contribution in [1.82, 2.24) is 0 Å². The second-order valence-electron chi connectivity index (χ2n) is 7.44. The van der Waals surface area contributed by atoms with Crippen LogP contribution in [0.2, 0.25) is 5.02 Å². The molecule has 8 nitrogen and oxygen atoms in total. The first kappa shape index (κ1) is 20.2. The molecule has 2 amide bonds. The molecule has 5 rings (SSSR count). The van der Waals surface area contributed by atoms with E-state index in [-0.39, 0.29) is 22.0 Å². The molecule has 0 radical (unpaired) electrons. The molecule has 32 heavy (non-hydrogen) atoms. The van der Waals surface area contributed by atoms with Crippen molar-refractivity contribution >= 4 is 40.5 Å². The molecule has 0 N–H and O–H groups in total. The lowest BCUT2D eigenvalue weighted by molar-refractivity contribution is -0.385. The molecule has 2 saturated heterocycles. The van der Waals surface area contributed by atoms with Crippen molar-refractivity contribution in [3.8, 4) is 0 Å². The third-order valence-corrected chi connectivity index (χ3v) is 5.99. The van der Waals surface area contributed by atoms with Gasteiger partial charge < -0.3 is 0 Å². The van der Waals surface area contributed by atoms with E-state index in [0.717, 1.165) is 4.90 Å². The molecule has 2 aliphatic rings. The largest absolute Gasteiger partial charge is 0.274 e. The van der Waals surface area contributed by atoms with Crippen LogP contribution in [0.1, 0.15) is 11.6 Å². The van der Waals surface area contributed by atoms with Gasteiger partial charge in [-0.25, -0.2) is 9.96 Å². The molecule has 9 heteroatoms. The van der Waals surface area contributed by atoms with Gasteiger partial charge in [-0.1, -0.05) is 54.1 Å². The number of hydroxylamine groups is 1. The number of imide groups is 1. The van der Waals surface area contributed by atoms with Crippen LogP contribution in [0, 0.1) is 16.0 Å². The van der Waals surface area contributed by atoms with Gasteiger partial charge in [0.1, 0.15) is 12.0 Å². The topological polar surface area (TPSA) is 93.0 Å². The van der Waals surface area contributed by atoms with Crippen molar-refractivity contribution in [3.63, 3.8) is 0 Å². The van der Waals surface area contributed by atoms with Gasteiger partial charge in [-0.3, -0.25) is 24.5 Å². The van der Waals surface area contributed by atoms with Gasteiger partial charge in [-0.2, -0.15) is 0 Å². The molecule has 3 atom stereocenters. The van der Waals surface area contributed by atoms with Crippen molar-refractivity contribution in [2.24, 2.45) is 5.92 Å². The third kappa shape index (κ3) is 3.04. The number of amides is 2. The Hall–Kier alpha value is -3.75. The van der Waals surface area contributed by atoms with Gasteiger partial charge in [-0.05, 0) is 30.3 Å². The van der Waals surface area contributed by atoms with Crippen LogP contribution in [0.3, 0.4) is 0 Å². The van der Waals surface area contributed by atoms with Gasteiger partial charge in [0.25, 0.3) is 11.6 Å². The van der Waals surface area contributed by atoms with Crippen LogP contribution in [0.5, 0.6) is 0 Å². The molecular formula is C23H16ClN3O5. The van der Waals surface area contributed by atoms with Crippen LogP contribution in [0.25, 0.3) is 0 Å². The molecule has 0 spiro atoms. The smallest absolute Gasteiger partial charge is 0.273 e. The number of anilines is 2. The number of nitrogens with zero attached hydrogens (tertiary/aromatic N) is 3. The van der Waals surface area contributed by atoms with Crippen LogP contribution < -0.4 is 9.96 Å². The van der Waals surface area contributed by atoms with Gasteiger partial charge >= 0.3 is 0 Å². The van der Waals surface area contributed by atoms with Crippen LogP contribution in [-0.2, 0) is 14.4 Å². The highest BCUT2D eigenvalue weighted by atomic mass is 35.5. The summed E-state index contributed by atoms with van der Waals surface area (Å²) < 4.78 is 0. The van der Waals surface area contributed by atoms with E-state index in [2.05, 4.69) is 0 Å². The molecule has 0 bridgehead atoms. The van der Waals surface area contributed by atoms with Crippen molar-refractivity contribution in [2.45, 2.75) is 12.1 Å². The van der Waals surface area contributed by atoms with Crippen molar-refractivity contribution in [1.29, 1.82) is 0 Å². The average molecular weight is 450 g/mol. The summed E-state index contributed by atoms with van der Waals surface area (Å²) in [5.41, 5.74) is 0.972. The fraction of sp³-hybridized carbons (Fsp3) is 0.130. The van der Waals surface area contributed by atoms with Crippen molar-refractivity contribution < 1.29 is 19.3 Å². The minimum absolute atomic E-state index is 0.154. The van der Waals surface area contributed by atoms with Crippen LogP contribution >= 0.6 is 11.6 Å². The molecule has 2 fully saturated rings. The zero-order chi connectivity index (χ0) is 22.4. The van der Waals surface area contributed by atoms with Crippen LogP contribution in [-0.4, -0.2) is 22.8 Å². The summed E-state index contributed by atoms with van der Waals surface area (Å²) in [6.45, 7) is 0. The molecule has 0 aromatic heterocycles. The summed E-state index contributed by atoms with van der Waals surface area (Å²) in [6.07, 6.45) is -1.14. The van der Waals surface area contributed by atoms with E-state index in [1.165, 1.54) is 11.1 Å². The minimum Gasteiger partial charge on any atom is -0.273 e. The molecule has 0 unspecified atom stereocenters. The lowest BCUT2D eigenvalue weighted by Gasteiger charge is -2.28. The molecule has 3 aromatic carbocycles. The number of hydrogen-bond acceptors (Lipinski definition) is 6. The Morgan fingerprint density at radius 1 is 0.875 bits per heavy atom. The molecule has 2 aliphatic heterocycles. The number of nitro benzene ring substituents is 1. The van der Waals surface area contributed by atoms with E-state index >= 15 is 0 Å². The van der Waals surface area contributed by atoms with E-state index < -0.39 is 34.8 Å². The Balaban J connectivity index is 1.65. The summed E-state index contributed by atoms with van der Waals surface area (Å²) in [4.78, 5) is 45.1. The predicted octanol–water partition coefficient (Wildman–Crippen LogP) is 4.30. The van der Waals surface area contributed by atoms with E-state index in [9.17, 15) is 19.7 Å². The van der Waals surface area contributed by atoms with Gasteiger partial charge in [0, 0.05) is 6.07 Å². The number of para-hydroxylation sites is 3. The SMILES string of the molecule is O=C1[C@@H]2[C@@H](ON(c3ccccc3)[C@H]2c2ccccc2[N+](=O)[O-])C(=O)N1c1ccccc1Cl. The highest BCUT2D eigenvalue weighted by Crippen LogP contribution is 2.49. The van der Waals surface area contributed by atoms with Crippen LogP contribution in [0.4, 0.5) is 17.1 Å². The quantitative estimate of drug-likeness (QED) is 0.335. The molecular weight excluding hydrogens is 434 g/mol. The molecule has 2 heterocycles. The Labute approximate surface area is 187 Å².